The summed E-state index contributed by atoms with van der Waals surface area (Å²) in [7, 11) is 1.56. The fourth-order valence-electron chi connectivity index (χ4n) is 7.10. The summed E-state index contributed by atoms with van der Waals surface area (Å²) >= 11 is 0. The number of hydrogen-bond acceptors (Lipinski definition) is 7. The lowest BCUT2D eigenvalue weighted by Crippen LogP contribution is -2.49. The molecule has 216 valence electrons. The number of rotatable bonds is 7. The van der Waals surface area contributed by atoms with Crippen molar-refractivity contribution in [1.29, 1.82) is 5.26 Å². The third-order valence-corrected chi connectivity index (χ3v) is 8.94. The summed E-state index contributed by atoms with van der Waals surface area (Å²) in [5, 5.41) is 12.0. The average Bonchev–Trinajstić information content (AvgIpc) is 3.55. The SMILES string of the molecule is COc1ccc(C(=O)[C@@H]2[C@@H](C(=O)c3ccc(OCC#N)cc3)[C@]3(C(=O)Nc4ccccc43)[C@H]3c4ccccc4C=CN23)cc1. The van der Waals surface area contributed by atoms with E-state index in [1.54, 1.807) is 55.6 Å². The molecule has 0 radical (unpaired) electrons. The second kappa shape index (κ2) is 10.5. The van der Waals surface area contributed by atoms with E-state index < -0.39 is 23.4 Å². The van der Waals surface area contributed by atoms with E-state index in [0.717, 1.165) is 11.1 Å². The standard InChI is InChI=1S/C36H27N3O5/c1-43-25-14-10-24(11-15-25)33(41)31-30(32(40)23-12-16-26(17-13-23)44-21-19-37)36(28-8-4-5-9-29(28)38-35(36)42)34-27-7-3-2-6-22(27)18-20-39(31)34/h2-18,20,30-31,34H,21H2,1H3,(H,38,42)/t30-,31-,34+,36-/m0/s1. The van der Waals surface area contributed by atoms with Crippen LogP contribution in [-0.4, -0.2) is 42.1 Å². The van der Waals surface area contributed by atoms with Crippen molar-refractivity contribution in [2.75, 3.05) is 19.0 Å². The fourth-order valence-corrected chi connectivity index (χ4v) is 7.10. The van der Waals surface area contributed by atoms with Gasteiger partial charge in [-0.2, -0.15) is 5.26 Å². The first kappa shape index (κ1) is 27.2. The number of para-hydroxylation sites is 1. The van der Waals surface area contributed by atoms with Gasteiger partial charge < -0.3 is 19.7 Å². The normalized spacial score (nSPS) is 22.4. The molecule has 0 saturated carbocycles. The molecule has 1 spiro atoms. The second-order valence-electron chi connectivity index (χ2n) is 11.0. The van der Waals surface area contributed by atoms with Crippen LogP contribution in [0, 0.1) is 17.2 Å². The van der Waals surface area contributed by atoms with Crippen molar-refractivity contribution in [3.63, 3.8) is 0 Å². The summed E-state index contributed by atoms with van der Waals surface area (Å²) in [6.07, 6.45) is 3.78. The highest BCUT2D eigenvalue weighted by atomic mass is 16.5. The van der Waals surface area contributed by atoms with E-state index in [1.807, 2.05) is 71.8 Å². The zero-order valence-corrected chi connectivity index (χ0v) is 23.8. The summed E-state index contributed by atoms with van der Waals surface area (Å²) in [6.45, 7) is -0.128. The van der Waals surface area contributed by atoms with E-state index in [1.165, 1.54) is 0 Å². The summed E-state index contributed by atoms with van der Waals surface area (Å²) in [5.41, 5.74) is 2.42. The smallest absolute Gasteiger partial charge is 0.238 e. The Morgan fingerprint density at radius 3 is 2.27 bits per heavy atom. The fraction of sp³-hybridized carbons (Fsp3) is 0.167. The van der Waals surface area contributed by atoms with Gasteiger partial charge in [0.05, 0.1) is 19.1 Å². The predicted octanol–water partition coefficient (Wildman–Crippen LogP) is 5.58. The number of ether oxygens (including phenoxy) is 2. The molecule has 0 unspecified atom stereocenters. The minimum absolute atomic E-state index is 0.128. The number of nitriles is 1. The molecule has 44 heavy (non-hydrogen) atoms. The van der Waals surface area contributed by atoms with Gasteiger partial charge in [0.1, 0.15) is 29.0 Å². The van der Waals surface area contributed by atoms with Crippen LogP contribution in [0.15, 0.2) is 103 Å². The first-order valence-corrected chi connectivity index (χ1v) is 14.3. The van der Waals surface area contributed by atoms with Crippen molar-refractivity contribution in [3.05, 3.63) is 131 Å². The maximum Gasteiger partial charge on any atom is 0.238 e. The zero-order valence-electron chi connectivity index (χ0n) is 23.8. The van der Waals surface area contributed by atoms with E-state index in [-0.39, 0.29) is 24.1 Å². The third kappa shape index (κ3) is 3.93. The van der Waals surface area contributed by atoms with E-state index in [9.17, 15) is 14.4 Å². The van der Waals surface area contributed by atoms with Crippen LogP contribution in [0.4, 0.5) is 5.69 Å². The maximum atomic E-state index is 14.9. The minimum Gasteiger partial charge on any atom is -0.497 e. The lowest BCUT2D eigenvalue weighted by Gasteiger charge is -2.38. The minimum atomic E-state index is -1.42. The molecule has 4 atom stereocenters. The molecule has 0 aromatic heterocycles. The van der Waals surface area contributed by atoms with Crippen molar-refractivity contribution < 1.29 is 23.9 Å². The zero-order chi connectivity index (χ0) is 30.4. The van der Waals surface area contributed by atoms with Gasteiger partial charge >= 0.3 is 0 Å². The Morgan fingerprint density at radius 1 is 0.886 bits per heavy atom. The van der Waals surface area contributed by atoms with Gasteiger partial charge in [-0.1, -0.05) is 42.5 Å². The molecular weight excluding hydrogens is 554 g/mol. The lowest BCUT2D eigenvalue weighted by molar-refractivity contribution is -0.122. The van der Waals surface area contributed by atoms with Crippen LogP contribution in [0.2, 0.25) is 0 Å². The lowest BCUT2D eigenvalue weighted by atomic mass is 9.62. The number of ketones is 2. The number of methoxy groups -OCH3 is 1. The van der Waals surface area contributed by atoms with Gasteiger partial charge in [-0.05, 0) is 77.4 Å². The number of benzene rings is 4. The van der Waals surface area contributed by atoms with Gasteiger partial charge in [0.25, 0.3) is 0 Å². The molecule has 3 aliphatic heterocycles. The van der Waals surface area contributed by atoms with Crippen molar-refractivity contribution in [1.82, 2.24) is 4.90 Å². The van der Waals surface area contributed by atoms with E-state index >= 15 is 0 Å². The van der Waals surface area contributed by atoms with Crippen molar-refractivity contribution in [3.8, 4) is 17.6 Å². The Hall–Kier alpha value is -5.68. The molecule has 1 N–H and O–H groups in total. The number of Topliss-reactive ketones (excluding diaryl/α,β-unsaturated/α-hetero) is 2. The number of fused-ring (bicyclic) bond motifs is 6. The van der Waals surface area contributed by atoms with Gasteiger partial charge in [-0.25, -0.2) is 0 Å². The Balaban J connectivity index is 1.46. The molecule has 8 heteroatoms. The number of anilines is 1. The average molecular weight is 582 g/mol. The van der Waals surface area contributed by atoms with Crippen LogP contribution in [-0.2, 0) is 10.2 Å². The molecule has 7 rings (SSSR count). The van der Waals surface area contributed by atoms with Gasteiger partial charge in [0.2, 0.25) is 5.91 Å². The first-order chi connectivity index (χ1) is 21.5. The Labute approximate surface area is 254 Å². The molecule has 3 aliphatic rings. The van der Waals surface area contributed by atoms with E-state index in [4.69, 9.17) is 14.7 Å². The number of nitrogens with zero attached hydrogens (tertiary/aromatic N) is 2. The maximum absolute atomic E-state index is 14.9. The molecule has 1 saturated heterocycles. The molecule has 4 aromatic carbocycles. The highest BCUT2D eigenvalue weighted by Crippen LogP contribution is 2.62. The summed E-state index contributed by atoms with van der Waals surface area (Å²) < 4.78 is 10.7. The summed E-state index contributed by atoms with van der Waals surface area (Å²) in [5.74, 6) is -0.986. The number of nitrogens with one attached hydrogen (secondary N) is 1. The molecule has 0 bridgehead atoms. The molecule has 1 fully saturated rings. The van der Waals surface area contributed by atoms with Crippen LogP contribution in [0.3, 0.4) is 0 Å². The van der Waals surface area contributed by atoms with Crippen molar-refractivity contribution in [2.24, 2.45) is 5.92 Å². The highest BCUT2D eigenvalue weighted by Gasteiger charge is 2.70. The Morgan fingerprint density at radius 2 is 1.55 bits per heavy atom. The van der Waals surface area contributed by atoms with E-state index in [2.05, 4.69) is 5.32 Å². The van der Waals surface area contributed by atoms with Gasteiger partial charge in [-0.15, -0.1) is 0 Å². The van der Waals surface area contributed by atoms with Crippen LogP contribution >= 0.6 is 0 Å². The Kier molecular flexibility index (Phi) is 6.51. The quantitative estimate of drug-likeness (QED) is 0.284. The van der Waals surface area contributed by atoms with Gasteiger partial charge in [-0.3, -0.25) is 14.4 Å². The number of amides is 1. The van der Waals surface area contributed by atoms with Gasteiger partial charge in [0.15, 0.2) is 18.2 Å². The predicted molar refractivity (Wildman–Crippen MR) is 163 cm³/mol. The second-order valence-corrected chi connectivity index (χ2v) is 11.0. The van der Waals surface area contributed by atoms with Crippen LogP contribution in [0.25, 0.3) is 6.08 Å². The summed E-state index contributed by atoms with van der Waals surface area (Å²) in [4.78, 5) is 46.0. The van der Waals surface area contributed by atoms with Crippen LogP contribution < -0.4 is 14.8 Å². The molecule has 4 aromatic rings. The third-order valence-electron chi connectivity index (χ3n) is 8.94. The molecule has 8 nitrogen and oxygen atoms in total. The monoisotopic (exact) mass is 581 g/mol. The largest absolute Gasteiger partial charge is 0.497 e. The highest BCUT2D eigenvalue weighted by molar-refractivity contribution is 6.16. The molecular formula is C36H27N3O5. The van der Waals surface area contributed by atoms with E-state index in [0.29, 0.717) is 33.9 Å². The van der Waals surface area contributed by atoms with Crippen LogP contribution in [0.1, 0.15) is 43.4 Å². The molecule has 3 heterocycles. The summed E-state index contributed by atoms with van der Waals surface area (Å²) in [6, 6.07) is 28.8. The molecule has 1 amide bonds. The van der Waals surface area contributed by atoms with Crippen molar-refractivity contribution >= 4 is 29.2 Å². The Bertz CT molecular complexity index is 1880. The first-order valence-electron chi connectivity index (χ1n) is 14.3. The molecule has 0 aliphatic carbocycles. The topological polar surface area (TPSA) is 109 Å². The van der Waals surface area contributed by atoms with Crippen LogP contribution in [0.5, 0.6) is 11.5 Å². The van der Waals surface area contributed by atoms with Crippen molar-refractivity contribution in [2.45, 2.75) is 17.5 Å². The van der Waals surface area contributed by atoms with Gasteiger partial charge in [0, 0.05) is 23.0 Å². The number of carbonyl (C=O) groups is 3. The number of hydrogen-bond donors (Lipinski definition) is 1. The number of carbonyl (C=O) groups excluding carboxylic acids is 3.